The lowest BCUT2D eigenvalue weighted by atomic mass is 9.98. The van der Waals surface area contributed by atoms with Crippen molar-refractivity contribution in [3.63, 3.8) is 0 Å². The number of aromatic nitrogens is 1. The van der Waals surface area contributed by atoms with Crippen molar-refractivity contribution in [3.8, 4) is 0 Å². The molecule has 3 aromatic rings. The highest BCUT2D eigenvalue weighted by Gasteiger charge is 2.58. The van der Waals surface area contributed by atoms with Crippen LogP contribution in [0.1, 0.15) is 17.0 Å². The van der Waals surface area contributed by atoms with E-state index in [1.807, 2.05) is 0 Å². The molecule has 9 heteroatoms. The number of alkyl halides is 3. The molecule has 0 aliphatic carbocycles. The number of thiazole rings is 1. The zero-order valence-electron chi connectivity index (χ0n) is 14.7. The molecule has 0 aliphatic rings. The molecule has 1 aromatic heterocycles. The van der Waals surface area contributed by atoms with Crippen LogP contribution in [0.2, 0.25) is 5.02 Å². The van der Waals surface area contributed by atoms with Crippen LogP contribution in [-0.2, 0) is 16.9 Å². The lowest BCUT2D eigenvalue weighted by Gasteiger charge is -2.29. The molecule has 0 fully saturated rings. The molecule has 28 heavy (non-hydrogen) atoms. The summed E-state index contributed by atoms with van der Waals surface area (Å²) < 4.78 is 41.8. The lowest BCUT2D eigenvalue weighted by molar-refractivity contribution is -0.268. The van der Waals surface area contributed by atoms with Crippen LogP contribution in [0.15, 0.2) is 48.5 Å². The van der Waals surface area contributed by atoms with Gasteiger partial charge in [0.15, 0.2) is 0 Å². The second kappa shape index (κ2) is 7.69. The van der Waals surface area contributed by atoms with Gasteiger partial charge in [0, 0.05) is 18.6 Å². The highest BCUT2D eigenvalue weighted by Crippen LogP contribution is 2.44. The molecule has 0 saturated carbocycles. The van der Waals surface area contributed by atoms with E-state index >= 15 is 0 Å². The minimum absolute atomic E-state index is 0.0627. The summed E-state index contributed by atoms with van der Waals surface area (Å²) in [5, 5.41) is 10.4. The smallest absolute Gasteiger partial charge is 0.374 e. The quantitative estimate of drug-likeness (QED) is 0.638. The number of hydrogen-bond donors (Lipinski definition) is 1. The second-order valence-electron chi connectivity index (χ2n) is 6.40. The van der Waals surface area contributed by atoms with Gasteiger partial charge in [-0.15, -0.1) is 11.3 Å². The van der Waals surface area contributed by atoms with Crippen molar-refractivity contribution in [3.05, 3.63) is 64.1 Å². The van der Waals surface area contributed by atoms with Crippen molar-refractivity contribution in [2.75, 3.05) is 7.05 Å². The first-order chi connectivity index (χ1) is 13.1. The Hall–Kier alpha value is -2.16. The summed E-state index contributed by atoms with van der Waals surface area (Å²) in [6, 6.07) is 13.1. The van der Waals surface area contributed by atoms with Crippen LogP contribution < -0.4 is 0 Å². The molecule has 3 rings (SSSR count). The van der Waals surface area contributed by atoms with Gasteiger partial charge in [-0.25, -0.2) is 4.98 Å². The lowest BCUT2D eigenvalue weighted by Crippen LogP contribution is -2.46. The zero-order chi connectivity index (χ0) is 20.5. The van der Waals surface area contributed by atoms with Gasteiger partial charge in [0.1, 0.15) is 5.01 Å². The Balaban J connectivity index is 1.86. The summed E-state index contributed by atoms with van der Waals surface area (Å²) in [7, 11) is 1.37. The van der Waals surface area contributed by atoms with E-state index in [1.165, 1.54) is 7.05 Å². The molecule has 1 amide bonds. The minimum atomic E-state index is -5.06. The third-order valence-electron chi connectivity index (χ3n) is 4.26. The molecule has 0 bridgehead atoms. The van der Waals surface area contributed by atoms with E-state index in [9.17, 15) is 23.1 Å². The number of fused-ring (bicyclic) bond motifs is 1. The minimum Gasteiger partial charge on any atom is -0.374 e. The van der Waals surface area contributed by atoms with E-state index in [2.05, 4.69) is 4.98 Å². The number of hydrogen-bond acceptors (Lipinski definition) is 4. The molecule has 148 valence electrons. The van der Waals surface area contributed by atoms with E-state index in [1.54, 1.807) is 48.5 Å². The van der Waals surface area contributed by atoms with Crippen LogP contribution in [0.3, 0.4) is 0 Å². The van der Waals surface area contributed by atoms with Crippen LogP contribution >= 0.6 is 22.9 Å². The summed E-state index contributed by atoms with van der Waals surface area (Å²) in [6.07, 6.45) is -6.22. The van der Waals surface area contributed by atoms with Gasteiger partial charge in [0.05, 0.1) is 16.6 Å². The van der Waals surface area contributed by atoms with Gasteiger partial charge in [-0.05, 0) is 29.8 Å². The standard InChI is InChI=1S/C19H16ClF3N2O2S/c1-25(11-12-5-4-6-13(20)9-12)16(26)10-18(27,19(21,22)23)17-24-14-7-2-3-8-15(14)28-17/h2-9,27H,10-11H2,1H3. The van der Waals surface area contributed by atoms with E-state index in [0.29, 0.717) is 20.8 Å². The average molecular weight is 429 g/mol. The summed E-state index contributed by atoms with van der Waals surface area (Å²) in [6.45, 7) is 0.0627. The van der Waals surface area contributed by atoms with Crippen LogP contribution in [0.25, 0.3) is 10.2 Å². The maximum atomic E-state index is 13.8. The molecule has 2 aromatic carbocycles. The van der Waals surface area contributed by atoms with Crippen LogP contribution in [0, 0.1) is 0 Å². The molecule has 1 heterocycles. The van der Waals surface area contributed by atoms with E-state index in [-0.39, 0.29) is 6.54 Å². The molecule has 1 unspecified atom stereocenters. The largest absolute Gasteiger partial charge is 0.424 e. The van der Waals surface area contributed by atoms with Crippen molar-refractivity contribution >= 4 is 39.1 Å². The van der Waals surface area contributed by atoms with Crippen molar-refractivity contribution in [1.82, 2.24) is 9.88 Å². The predicted molar refractivity (Wildman–Crippen MR) is 102 cm³/mol. The fraction of sp³-hybridized carbons (Fsp3) is 0.263. The summed E-state index contributed by atoms with van der Waals surface area (Å²) >= 11 is 6.62. The summed E-state index contributed by atoms with van der Waals surface area (Å²) in [4.78, 5) is 17.5. The van der Waals surface area contributed by atoms with Gasteiger partial charge < -0.3 is 10.0 Å². The topological polar surface area (TPSA) is 53.4 Å². The number of carbonyl (C=O) groups is 1. The highest BCUT2D eigenvalue weighted by atomic mass is 35.5. The summed E-state index contributed by atoms with van der Waals surface area (Å²) in [5.74, 6) is -0.862. The highest BCUT2D eigenvalue weighted by molar-refractivity contribution is 7.18. The van der Waals surface area contributed by atoms with Gasteiger partial charge in [-0.2, -0.15) is 13.2 Å². The predicted octanol–water partition coefficient (Wildman–Crippen LogP) is 4.75. The Kier molecular flexibility index (Phi) is 5.65. The number of benzene rings is 2. The number of aliphatic hydroxyl groups is 1. The number of para-hydroxylation sites is 1. The normalized spacial score (nSPS) is 14.1. The van der Waals surface area contributed by atoms with Crippen molar-refractivity contribution in [2.45, 2.75) is 24.7 Å². The Morgan fingerprint density at radius 1 is 1.21 bits per heavy atom. The van der Waals surface area contributed by atoms with E-state index < -0.39 is 29.1 Å². The first kappa shape index (κ1) is 20.6. The van der Waals surface area contributed by atoms with Crippen LogP contribution in [0.4, 0.5) is 13.2 Å². The molecule has 4 nitrogen and oxygen atoms in total. The molecular formula is C19H16ClF3N2O2S. The number of rotatable bonds is 5. The first-order valence-corrected chi connectivity index (χ1v) is 9.43. The van der Waals surface area contributed by atoms with Crippen molar-refractivity contribution in [1.29, 1.82) is 0 Å². The van der Waals surface area contributed by atoms with Gasteiger partial charge >= 0.3 is 6.18 Å². The van der Waals surface area contributed by atoms with E-state index in [4.69, 9.17) is 11.6 Å². The molecule has 1 N–H and O–H groups in total. The number of amides is 1. The molecule has 1 atom stereocenters. The fourth-order valence-electron chi connectivity index (χ4n) is 2.70. The SMILES string of the molecule is CN(Cc1cccc(Cl)c1)C(=O)CC(O)(c1nc2ccccc2s1)C(F)(F)F. The molecular weight excluding hydrogens is 413 g/mol. The third kappa shape index (κ3) is 4.14. The van der Waals surface area contributed by atoms with Gasteiger partial charge in [0.25, 0.3) is 0 Å². The fourth-order valence-corrected chi connectivity index (χ4v) is 3.98. The molecule has 0 radical (unpaired) electrons. The second-order valence-corrected chi connectivity index (χ2v) is 7.87. The Labute approximate surface area is 168 Å². The number of halogens is 4. The average Bonchev–Trinajstić information content (AvgIpc) is 3.05. The first-order valence-electron chi connectivity index (χ1n) is 8.24. The molecule has 0 aliphatic heterocycles. The van der Waals surface area contributed by atoms with Crippen LogP contribution in [0.5, 0.6) is 0 Å². The Bertz CT molecular complexity index is 975. The van der Waals surface area contributed by atoms with Gasteiger partial charge in [-0.1, -0.05) is 35.9 Å². The zero-order valence-corrected chi connectivity index (χ0v) is 16.3. The summed E-state index contributed by atoms with van der Waals surface area (Å²) in [5.41, 5.74) is -2.36. The van der Waals surface area contributed by atoms with Gasteiger partial charge in [-0.3, -0.25) is 4.79 Å². The number of nitrogens with zero attached hydrogens (tertiary/aromatic N) is 2. The van der Waals surface area contributed by atoms with Crippen molar-refractivity contribution < 1.29 is 23.1 Å². The third-order valence-corrected chi connectivity index (χ3v) is 5.68. The maximum absolute atomic E-state index is 13.8. The molecule has 0 spiro atoms. The monoisotopic (exact) mass is 428 g/mol. The van der Waals surface area contributed by atoms with Crippen LogP contribution in [-0.4, -0.2) is 34.1 Å². The van der Waals surface area contributed by atoms with Gasteiger partial charge in [0.2, 0.25) is 11.5 Å². The Morgan fingerprint density at radius 2 is 1.93 bits per heavy atom. The number of carbonyl (C=O) groups excluding carboxylic acids is 1. The van der Waals surface area contributed by atoms with Crippen molar-refractivity contribution in [2.24, 2.45) is 0 Å². The Morgan fingerprint density at radius 3 is 2.57 bits per heavy atom. The van der Waals surface area contributed by atoms with E-state index in [0.717, 1.165) is 16.2 Å². The molecule has 0 saturated heterocycles. The maximum Gasteiger partial charge on any atom is 0.424 e.